The topological polar surface area (TPSA) is 52.5 Å². The van der Waals surface area contributed by atoms with Crippen molar-refractivity contribution in [3.8, 4) is 0 Å². The lowest BCUT2D eigenvalue weighted by atomic mass is 10.1. The minimum Gasteiger partial charge on any atom is -0.394 e. The van der Waals surface area contributed by atoms with Crippen LogP contribution < -0.4 is 5.32 Å². The first-order chi connectivity index (χ1) is 7.27. The quantitative estimate of drug-likeness (QED) is 0.657. The molecule has 1 aromatic rings. The third-order valence-electron chi connectivity index (χ3n) is 2.46. The van der Waals surface area contributed by atoms with E-state index < -0.39 is 0 Å². The number of benzene rings is 1. The molecular weight excluding hydrogens is 190 g/mol. The van der Waals surface area contributed by atoms with E-state index in [2.05, 4.69) is 5.32 Å². The van der Waals surface area contributed by atoms with Gasteiger partial charge in [-0.1, -0.05) is 37.3 Å². The van der Waals surface area contributed by atoms with E-state index >= 15 is 0 Å². The van der Waals surface area contributed by atoms with Crippen LogP contribution in [0.4, 0.5) is 0 Å². The van der Waals surface area contributed by atoms with Crippen molar-refractivity contribution in [3.05, 3.63) is 35.9 Å². The standard InChI is InChI=1S/C12H19NO2/c1-2-11(15)8-13-12(9-14)10-6-4-3-5-7-10/h3-7,11-15H,2,8-9H2,1H3/t11-,12-/m1/s1. The van der Waals surface area contributed by atoms with Gasteiger partial charge in [0.25, 0.3) is 0 Å². The van der Waals surface area contributed by atoms with Crippen LogP contribution in [0.15, 0.2) is 30.3 Å². The van der Waals surface area contributed by atoms with E-state index in [9.17, 15) is 10.2 Å². The minimum atomic E-state index is -0.345. The highest BCUT2D eigenvalue weighted by molar-refractivity contribution is 5.18. The average Bonchev–Trinajstić information content (AvgIpc) is 2.31. The molecule has 1 rings (SSSR count). The Morgan fingerprint density at radius 3 is 2.47 bits per heavy atom. The van der Waals surface area contributed by atoms with Crippen LogP contribution in [0.3, 0.4) is 0 Å². The maximum absolute atomic E-state index is 9.41. The molecule has 0 heterocycles. The van der Waals surface area contributed by atoms with Crippen LogP contribution in [-0.2, 0) is 0 Å². The van der Waals surface area contributed by atoms with Gasteiger partial charge in [-0.3, -0.25) is 0 Å². The largest absolute Gasteiger partial charge is 0.394 e. The first kappa shape index (κ1) is 12.2. The third-order valence-corrected chi connectivity index (χ3v) is 2.46. The molecule has 0 aliphatic heterocycles. The predicted octanol–water partition coefficient (Wildman–Crippen LogP) is 1.08. The van der Waals surface area contributed by atoms with Gasteiger partial charge in [-0.2, -0.15) is 0 Å². The fourth-order valence-corrected chi connectivity index (χ4v) is 1.40. The summed E-state index contributed by atoms with van der Waals surface area (Å²) in [7, 11) is 0. The summed E-state index contributed by atoms with van der Waals surface area (Å²) >= 11 is 0. The van der Waals surface area contributed by atoms with E-state index in [0.717, 1.165) is 12.0 Å². The van der Waals surface area contributed by atoms with Gasteiger partial charge < -0.3 is 15.5 Å². The predicted molar refractivity (Wildman–Crippen MR) is 60.6 cm³/mol. The second kappa shape index (κ2) is 6.56. The van der Waals surface area contributed by atoms with Gasteiger partial charge in [0.2, 0.25) is 0 Å². The van der Waals surface area contributed by atoms with Gasteiger partial charge in [-0.05, 0) is 12.0 Å². The van der Waals surface area contributed by atoms with Crippen LogP contribution in [0.5, 0.6) is 0 Å². The monoisotopic (exact) mass is 209 g/mol. The van der Waals surface area contributed by atoms with E-state index in [1.54, 1.807) is 0 Å². The molecule has 84 valence electrons. The zero-order valence-electron chi connectivity index (χ0n) is 9.06. The Morgan fingerprint density at radius 1 is 1.27 bits per heavy atom. The maximum Gasteiger partial charge on any atom is 0.0662 e. The summed E-state index contributed by atoms with van der Waals surface area (Å²) < 4.78 is 0. The molecule has 3 heteroatoms. The lowest BCUT2D eigenvalue weighted by Gasteiger charge is -2.18. The van der Waals surface area contributed by atoms with Crippen molar-refractivity contribution < 1.29 is 10.2 Å². The van der Waals surface area contributed by atoms with Gasteiger partial charge in [-0.15, -0.1) is 0 Å². The number of hydrogen-bond donors (Lipinski definition) is 3. The van der Waals surface area contributed by atoms with Crippen molar-refractivity contribution in [2.75, 3.05) is 13.2 Å². The molecule has 3 N–H and O–H groups in total. The molecular formula is C12H19NO2. The van der Waals surface area contributed by atoms with E-state index in [1.165, 1.54) is 0 Å². The Hall–Kier alpha value is -0.900. The molecule has 0 aromatic heterocycles. The summed E-state index contributed by atoms with van der Waals surface area (Å²) in [6, 6.07) is 9.66. The van der Waals surface area contributed by atoms with Gasteiger partial charge in [0.05, 0.1) is 18.8 Å². The summed E-state index contributed by atoms with van der Waals surface area (Å²) in [5.74, 6) is 0. The lowest BCUT2D eigenvalue weighted by molar-refractivity contribution is 0.153. The number of rotatable bonds is 6. The van der Waals surface area contributed by atoms with Crippen molar-refractivity contribution in [2.24, 2.45) is 0 Å². The Morgan fingerprint density at radius 2 is 1.93 bits per heavy atom. The number of aliphatic hydroxyl groups is 2. The summed E-state index contributed by atoms with van der Waals surface area (Å²) in [5, 5.41) is 21.8. The van der Waals surface area contributed by atoms with E-state index in [0.29, 0.717) is 6.54 Å². The molecule has 0 saturated carbocycles. The zero-order chi connectivity index (χ0) is 11.1. The van der Waals surface area contributed by atoms with Crippen LogP contribution in [-0.4, -0.2) is 29.5 Å². The number of aliphatic hydroxyl groups excluding tert-OH is 2. The van der Waals surface area contributed by atoms with Gasteiger partial charge in [0.1, 0.15) is 0 Å². The highest BCUT2D eigenvalue weighted by Gasteiger charge is 2.10. The molecule has 15 heavy (non-hydrogen) atoms. The fraction of sp³-hybridized carbons (Fsp3) is 0.500. The van der Waals surface area contributed by atoms with Crippen LogP contribution in [0.1, 0.15) is 24.9 Å². The molecule has 0 spiro atoms. The smallest absolute Gasteiger partial charge is 0.0662 e. The summed E-state index contributed by atoms with van der Waals surface area (Å²) in [5.41, 5.74) is 1.04. The van der Waals surface area contributed by atoms with Crippen molar-refractivity contribution in [2.45, 2.75) is 25.5 Å². The number of hydrogen-bond acceptors (Lipinski definition) is 3. The Balaban J connectivity index is 2.50. The van der Waals surface area contributed by atoms with Gasteiger partial charge in [0, 0.05) is 6.54 Å². The number of nitrogens with one attached hydrogen (secondary N) is 1. The van der Waals surface area contributed by atoms with Gasteiger partial charge in [0.15, 0.2) is 0 Å². The SMILES string of the molecule is CC[C@@H](O)CN[C@H](CO)c1ccccc1. The van der Waals surface area contributed by atoms with Gasteiger partial charge in [-0.25, -0.2) is 0 Å². The molecule has 0 amide bonds. The van der Waals surface area contributed by atoms with E-state index in [1.807, 2.05) is 37.3 Å². The van der Waals surface area contributed by atoms with Crippen molar-refractivity contribution in [3.63, 3.8) is 0 Å². The summed E-state index contributed by atoms with van der Waals surface area (Å²) in [6.45, 7) is 2.49. The molecule has 0 saturated heterocycles. The molecule has 1 aromatic carbocycles. The summed E-state index contributed by atoms with van der Waals surface area (Å²) in [4.78, 5) is 0. The second-order valence-corrected chi connectivity index (χ2v) is 3.62. The molecule has 2 atom stereocenters. The highest BCUT2D eigenvalue weighted by Crippen LogP contribution is 2.11. The Bertz CT molecular complexity index is 264. The molecule has 0 aliphatic carbocycles. The zero-order valence-corrected chi connectivity index (χ0v) is 9.06. The molecule has 3 nitrogen and oxygen atoms in total. The van der Waals surface area contributed by atoms with Crippen LogP contribution in [0.25, 0.3) is 0 Å². The van der Waals surface area contributed by atoms with Crippen LogP contribution in [0.2, 0.25) is 0 Å². The lowest BCUT2D eigenvalue weighted by Crippen LogP contribution is -2.31. The summed E-state index contributed by atoms with van der Waals surface area (Å²) in [6.07, 6.45) is 0.377. The Kier molecular flexibility index (Phi) is 5.32. The Labute approximate surface area is 90.8 Å². The van der Waals surface area contributed by atoms with Crippen molar-refractivity contribution in [1.82, 2.24) is 5.32 Å². The third kappa shape index (κ3) is 4.00. The van der Waals surface area contributed by atoms with Crippen LogP contribution in [0, 0.1) is 0 Å². The molecule has 0 aliphatic rings. The fourth-order valence-electron chi connectivity index (χ4n) is 1.40. The van der Waals surface area contributed by atoms with E-state index in [4.69, 9.17) is 0 Å². The molecule has 0 bridgehead atoms. The first-order valence-electron chi connectivity index (χ1n) is 5.35. The van der Waals surface area contributed by atoms with Crippen LogP contribution >= 0.6 is 0 Å². The minimum absolute atomic E-state index is 0.0421. The second-order valence-electron chi connectivity index (χ2n) is 3.62. The first-order valence-corrected chi connectivity index (χ1v) is 5.35. The van der Waals surface area contributed by atoms with Crippen molar-refractivity contribution in [1.29, 1.82) is 0 Å². The highest BCUT2D eigenvalue weighted by atomic mass is 16.3. The maximum atomic E-state index is 9.41. The molecule has 0 fully saturated rings. The van der Waals surface area contributed by atoms with Crippen molar-refractivity contribution >= 4 is 0 Å². The normalized spacial score (nSPS) is 14.9. The molecule has 0 unspecified atom stereocenters. The van der Waals surface area contributed by atoms with Gasteiger partial charge >= 0.3 is 0 Å². The average molecular weight is 209 g/mol. The molecule has 0 radical (unpaired) electrons. The van der Waals surface area contributed by atoms with E-state index in [-0.39, 0.29) is 18.8 Å².